The number of benzene rings is 1. The summed E-state index contributed by atoms with van der Waals surface area (Å²) in [4.78, 5) is 18.6. The summed E-state index contributed by atoms with van der Waals surface area (Å²) >= 11 is 0. The molecule has 2 rings (SSSR count). The summed E-state index contributed by atoms with van der Waals surface area (Å²) in [5.74, 6) is 0.212. The molecule has 144 valence electrons. The van der Waals surface area contributed by atoms with Crippen molar-refractivity contribution in [3.63, 3.8) is 0 Å². The second kappa shape index (κ2) is 8.69. The highest BCUT2D eigenvalue weighted by molar-refractivity contribution is 5.68. The minimum Gasteiger partial charge on any atom is -0.442 e. The lowest BCUT2D eigenvalue weighted by molar-refractivity contribution is -0.211. The fourth-order valence-corrected chi connectivity index (χ4v) is 2.69. The van der Waals surface area contributed by atoms with Crippen molar-refractivity contribution in [2.24, 2.45) is 5.92 Å². The Hall–Kier alpha value is -1.85. The van der Waals surface area contributed by atoms with E-state index in [2.05, 4.69) is 19.9 Å². The summed E-state index contributed by atoms with van der Waals surface area (Å²) in [5.41, 5.74) is 1.60. The Morgan fingerprint density at radius 3 is 2.46 bits per heavy atom. The molecule has 2 atom stereocenters. The number of amides is 1. The van der Waals surface area contributed by atoms with Gasteiger partial charge in [-0.1, -0.05) is 50.3 Å². The molecule has 1 amide bonds. The molecule has 1 heterocycles. The molecule has 1 aliphatic rings. The van der Waals surface area contributed by atoms with Gasteiger partial charge in [0, 0.05) is 0 Å². The second-order valence-corrected chi connectivity index (χ2v) is 8.05. The Balaban J connectivity index is 2.03. The van der Waals surface area contributed by atoms with Crippen LogP contribution in [0.5, 0.6) is 0 Å². The van der Waals surface area contributed by atoms with E-state index in [1.54, 1.807) is 0 Å². The van der Waals surface area contributed by atoms with E-state index in [1.165, 1.54) is 5.06 Å². The van der Waals surface area contributed by atoms with Crippen LogP contribution in [0.15, 0.2) is 42.0 Å². The van der Waals surface area contributed by atoms with Crippen molar-refractivity contribution < 1.29 is 19.1 Å². The van der Waals surface area contributed by atoms with Crippen LogP contribution in [0.1, 0.15) is 47.1 Å². The van der Waals surface area contributed by atoms with Gasteiger partial charge in [-0.15, -0.1) is 0 Å². The summed E-state index contributed by atoms with van der Waals surface area (Å²) in [7, 11) is 0. The third kappa shape index (κ3) is 5.85. The molecule has 5 heteroatoms. The summed E-state index contributed by atoms with van der Waals surface area (Å²) < 4.78 is 11.3. The third-order valence-corrected chi connectivity index (χ3v) is 4.09. The van der Waals surface area contributed by atoms with Crippen LogP contribution in [0.25, 0.3) is 0 Å². The molecule has 0 aromatic heterocycles. The zero-order valence-electron chi connectivity index (χ0n) is 16.7. The largest absolute Gasteiger partial charge is 0.442 e. The van der Waals surface area contributed by atoms with Crippen molar-refractivity contribution >= 4 is 6.09 Å². The SMILES string of the molecule is CC1=C[C@@H](C(C)C)N(C(=O)OC(C)(C)C)O[C@@H]1COCc1ccccc1. The van der Waals surface area contributed by atoms with Crippen molar-refractivity contribution in [1.29, 1.82) is 0 Å². The average Bonchev–Trinajstić information content (AvgIpc) is 2.55. The van der Waals surface area contributed by atoms with Gasteiger partial charge in [-0.25, -0.2) is 4.79 Å². The molecule has 1 aliphatic heterocycles. The zero-order chi connectivity index (χ0) is 19.3. The van der Waals surface area contributed by atoms with Crippen molar-refractivity contribution in [3.05, 3.63) is 47.5 Å². The van der Waals surface area contributed by atoms with Crippen LogP contribution in [0, 0.1) is 5.92 Å². The minimum absolute atomic E-state index is 0.157. The van der Waals surface area contributed by atoms with Gasteiger partial charge < -0.3 is 9.47 Å². The van der Waals surface area contributed by atoms with E-state index in [0.717, 1.165) is 11.1 Å². The van der Waals surface area contributed by atoms with Crippen LogP contribution in [-0.4, -0.2) is 35.5 Å². The van der Waals surface area contributed by atoms with E-state index in [9.17, 15) is 4.79 Å². The van der Waals surface area contributed by atoms with Crippen molar-refractivity contribution in [3.8, 4) is 0 Å². The summed E-state index contributed by atoms with van der Waals surface area (Å²) in [5, 5.41) is 1.36. The first kappa shape index (κ1) is 20.5. The number of ether oxygens (including phenoxy) is 2. The second-order valence-electron chi connectivity index (χ2n) is 8.05. The fraction of sp³-hybridized carbons (Fsp3) is 0.571. The van der Waals surface area contributed by atoms with Gasteiger partial charge in [-0.05, 0) is 44.7 Å². The normalized spacial score (nSPS) is 20.9. The van der Waals surface area contributed by atoms with Gasteiger partial charge in [0.1, 0.15) is 11.7 Å². The predicted octanol–water partition coefficient (Wildman–Crippen LogP) is 4.73. The number of carbonyl (C=O) groups excluding carboxylic acids is 1. The van der Waals surface area contributed by atoms with E-state index in [-0.39, 0.29) is 18.1 Å². The topological polar surface area (TPSA) is 48.0 Å². The van der Waals surface area contributed by atoms with Gasteiger partial charge in [0.05, 0.1) is 19.3 Å². The molecule has 1 aromatic rings. The first-order valence-electron chi connectivity index (χ1n) is 9.16. The smallest absolute Gasteiger partial charge is 0.435 e. The minimum atomic E-state index is -0.572. The van der Waals surface area contributed by atoms with E-state index in [4.69, 9.17) is 14.3 Å². The lowest BCUT2D eigenvalue weighted by Crippen LogP contribution is -2.50. The van der Waals surface area contributed by atoms with Gasteiger partial charge in [0.15, 0.2) is 0 Å². The molecule has 0 aliphatic carbocycles. The molecular weight excluding hydrogens is 330 g/mol. The average molecular weight is 361 g/mol. The highest BCUT2D eigenvalue weighted by Crippen LogP contribution is 2.27. The molecule has 26 heavy (non-hydrogen) atoms. The number of hydroxylamine groups is 2. The van der Waals surface area contributed by atoms with Gasteiger partial charge in [0.25, 0.3) is 0 Å². The van der Waals surface area contributed by atoms with Gasteiger partial charge in [0.2, 0.25) is 0 Å². The van der Waals surface area contributed by atoms with Crippen LogP contribution in [0.4, 0.5) is 4.79 Å². The monoisotopic (exact) mass is 361 g/mol. The van der Waals surface area contributed by atoms with Crippen LogP contribution in [0.2, 0.25) is 0 Å². The maximum atomic E-state index is 12.6. The van der Waals surface area contributed by atoms with E-state index >= 15 is 0 Å². The van der Waals surface area contributed by atoms with E-state index < -0.39 is 11.7 Å². The molecule has 0 saturated heterocycles. The quantitative estimate of drug-likeness (QED) is 0.712. The Morgan fingerprint density at radius 2 is 1.88 bits per heavy atom. The van der Waals surface area contributed by atoms with Crippen molar-refractivity contribution in [2.75, 3.05) is 6.61 Å². The number of carbonyl (C=O) groups is 1. The molecule has 1 aromatic carbocycles. The lowest BCUT2D eigenvalue weighted by atomic mass is 9.98. The van der Waals surface area contributed by atoms with E-state index in [0.29, 0.717) is 13.2 Å². The Kier molecular flexibility index (Phi) is 6.84. The summed E-state index contributed by atoms with van der Waals surface area (Å²) in [6.07, 6.45) is 1.31. The standard InChI is InChI=1S/C21H31NO4/c1-15(2)18-12-16(3)19(14-24-13-17-10-8-7-9-11-17)26-22(18)20(23)25-21(4,5)6/h7-12,15,18-19H,13-14H2,1-6H3/t18-,19+/m0/s1. The van der Waals surface area contributed by atoms with Gasteiger partial charge in [-0.3, -0.25) is 4.84 Å². The van der Waals surface area contributed by atoms with Gasteiger partial charge >= 0.3 is 6.09 Å². The van der Waals surface area contributed by atoms with Crippen LogP contribution >= 0.6 is 0 Å². The molecule has 5 nitrogen and oxygen atoms in total. The van der Waals surface area contributed by atoms with E-state index in [1.807, 2.05) is 58.0 Å². The molecule has 0 unspecified atom stereocenters. The Bertz CT molecular complexity index is 619. The predicted molar refractivity (Wildman–Crippen MR) is 101 cm³/mol. The molecule has 0 N–H and O–H groups in total. The molecule has 0 spiro atoms. The number of rotatable bonds is 5. The highest BCUT2D eigenvalue weighted by atomic mass is 16.7. The molecule has 0 saturated carbocycles. The Morgan fingerprint density at radius 1 is 1.23 bits per heavy atom. The van der Waals surface area contributed by atoms with Crippen molar-refractivity contribution in [1.82, 2.24) is 5.06 Å². The number of nitrogens with zero attached hydrogens (tertiary/aromatic N) is 1. The number of hydrogen-bond acceptors (Lipinski definition) is 4. The van der Waals surface area contributed by atoms with Crippen molar-refractivity contribution in [2.45, 2.75) is 65.9 Å². The molecule has 0 radical (unpaired) electrons. The zero-order valence-corrected chi connectivity index (χ0v) is 16.7. The maximum Gasteiger partial charge on any atom is 0.435 e. The molecular formula is C21H31NO4. The summed E-state index contributed by atoms with van der Waals surface area (Å²) in [6.45, 7) is 12.6. The fourth-order valence-electron chi connectivity index (χ4n) is 2.69. The maximum absolute atomic E-state index is 12.6. The van der Waals surface area contributed by atoms with Crippen LogP contribution in [0.3, 0.4) is 0 Å². The Labute approximate surface area is 156 Å². The van der Waals surface area contributed by atoms with Gasteiger partial charge in [-0.2, -0.15) is 5.06 Å². The van der Waals surface area contributed by atoms with Crippen LogP contribution in [-0.2, 0) is 20.9 Å². The first-order chi connectivity index (χ1) is 12.2. The lowest BCUT2D eigenvalue weighted by Gasteiger charge is -2.39. The molecule has 0 fully saturated rings. The highest BCUT2D eigenvalue weighted by Gasteiger charge is 2.36. The third-order valence-electron chi connectivity index (χ3n) is 4.09. The summed E-state index contributed by atoms with van der Waals surface area (Å²) in [6, 6.07) is 9.83. The van der Waals surface area contributed by atoms with Crippen LogP contribution < -0.4 is 0 Å². The number of hydrogen-bond donors (Lipinski definition) is 0. The first-order valence-corrected chi connectivity index (χ1v) is 9.16. The molecule has 0 bridgehead atoms.